The molecular weight excluding hydrogens is 420 g/mol. The molecule has 1 aliphatic carbocycles. The molecule has 1 amide bonds. The highest BCUT2D eigenvalue weighted by Crippen LogP contribution is 2.43. The zero-order valence-corrected chi connectivity index (χ0v) is 19.3. The van der Waals surface area contributed by atoms with Crippen molar-refractivity contribution in [1.82, 2.24) is 9.91 Å². The second-order valence-electron chi connectivity index (χ2n) is 8.14. The molecule has 0 saturated carbocycles. The van der Waals surface area contributed by atoms with Crippen LogP contribution in [0.25, 0.3) is 5.70 Å². The first kappa shape index (κ1) is 21.9. The molecule has 2 atom stereocenters. The lowest BCUT2D eigenvalue weighted by Gasteiger charge is -2.33. The molecule has 0 bridgehead atoms. The van der Waals surface area contributed by atoms with E-state index in [-0.39, 0.29) is 17.2 Å². The molecule has 2 aliphatic heterocycles. The summed E-state index contributed by atoms with van der Waals surface area (Å²) in [7, 11) is 1.78. The minimum absolute atomic E-state index is 0.0726. The van der Waals surface area contributed by atoms with Gasteiger partial charge >= 0.3 is 0 Å². The molecule has 0 radical (unpaired) electrons. The van der Waals surface area contributed by atoms with Crippen molar-refractivity contribution in [3.8, 4) is 0 Å². The highest BCUT2D eigenvalue weighted by Gasteiger charge is 2.34. The number of anilines is 1. The van der Waals surface area contributed by atoms with Crippen LogP contribution in [0.5, 0.6) is 0 Å². The summed E-state index contributed by atoms with van der Waals surface area (Å²) >= 11 is 6.31. The van der Waals surface area contributed by atoms with Crippen LogP contribution < -0.4 is 5.01 Å². The Bertz CT molecular complexity index is 1120. The smallest absolute Gasteiger partial charge is 0.229 e. The van der Waals surface area contributed by atoms with E-state index in [2.05, 4.69) is 23.7 Å². The monoisotopic (exact) mass is 446 g/mol. The maximum Gasteiger partial charge on any atom is 0.229 e. The van der Waals surface area contributed by atoms with E-state index >= 15 is 0 Å². The predicted molar refractivity (Wildman–Crippen MR) is 133 cm³/mol. The Morgan fingerprint density at radius 2 is 1.91 bits per heavy atom. The number of allylic oxidation sites excluding steroid dienone is 7. The zero-order chi connectivity index (χ0) is 22.8. The molecule has 2 heterocycles. The minimum atomic E-state index is -0.163. The Morgan fingerprint density at radius 3 is 2.72 bits per heavy atom. The van der Waals surface area contributed by atoms with Crippen molar-refractivity contribution < 1.29 is 4.79 Å². The topological polar surface area (TPSA) is 39.1 Å². The van der Waals surface area contributed by atoms with E-state index in [1.165, 1.54) is 0 Å². The van der Waals surface area contributed by atoms with Crippen LogP contribution in [0.2, 0.25) is 0 Å². The number of nitrogens with zero attached hydrogens (tertiary/aromatic N) is 4. The van der Waals surface area contributed by atoms with Gasteiger partial charge in [-0.1, -0.05) is 49.9 Å². The lowest BCUT2D eigenvalue weighted by molar-refractivity contribution is -0.131. The van der Waals surface area contributed by atoms with Gasteiger partial charge in [0.1, 0.15) is 0 Å². The summed E-state index contributed by atoms with van der Waals surface area (Å²) in [5, 5.41) is 3.96. The van der Waals surface area contributed by atoms with Crippen LogP contribution in [0.4, 0.5) is 5.69 Å². The number of hydrogen-bond acceptors (Lipinski definition) is 4. The summed E-state index contributed by atoms with van der Waals surface area (Å²) in [5.74, 6) is 0.643. The maximum atomic E-state index is 12.5. The third-order valence-corrected chi connectivity index (χ3v) is 5.90. The lowest BCUT2D eigenvalue weighted by Crippen LogP contribution is -2.35. The molecule has 32 heavy (non-hydrogen) atoms. The van der Waals surface area contributed by atoms with Gasteiger partial charge in [0.05, 0.1) is 22.5 Å². The number of hydrogen-bond donors (Lipinski definition) is 0. The molecule has 1 aromatic rings. The number of halogens is 1. The zero-order valence-electron chi connectivity index (χ0n) is 18.6. The Hall–Kier alpha value is -3.31. The number of alkyl halides is 1. The second-order valence-corrected chi connectivity index (χ2v) is 8.64. The van der Waals surface area contributed by atoms with Gasteiger partial charge in [0, 0.05) is 30.4 Å². The summed E-state index contributed by atoms with van der Waals surface area (Å²) in [4.78, 5) is 19.1. The van der Waals surface area contributed by atoms with Gasteiger partial charge in [-0.3, -0.25) is 4.79 Å². The van der Waals surface area contributed by atoms with Crippen molar-refractivity contribution in [2.75, 3.05) is 12.1 Å². The van der Waals surface area contributed by atoms with Crippen molar-refractivity contribution in [2.24, 2.45) is 10.9 Å². The van der Waals surface area contributed by atoms with Crippen LogP contribution in [0.15, 0.2) is 96.1 Å². The van der Waals surface area contributed by atoms with E-state index < -0.39 is 0 Å². The average molecular weight is 447 g/mol. The Kier molecular flexibility index (Phi) is 6.19. The first-order valence-electron chi connectivity index (χ1n) is 10.7. The van der Waals surface area contributed by atoms with E-state index in [1.807, 2.05) is 73.5 Å². The van der Waals surface area contributed by atoms with Gasteiger partial charge in [0.25, 0.3) is 0 Å². The van der Waals surface area contributed by atoms with Crippen molar-refractivity contribution in [3.05, 3.63) is 96.7 Å². The second kappa shape index (κ2) is 9.05. The van der Waals surface area contributed by atoms with Gasteiger partial charge in [0.2, 0.25) is 5.91 Å². The van der Waals surface area contributed by atoms with E-state index in [1.54, 1.807) is 18.1 Å². The summed E-state index contributed by atoms with van der Waals surface area (Å²) in [6.07, 6.45) is 16.0. The molecule has 1 aromatic carbocycles. The normalized spacial score (nSPS) is 27.9. The van der Waals surface area contributed by atoms with Crippen molar-refractivity contribution in [1.29, 1.82) is 0 Å². The van der Waals surface area contributed by atoms with Crippen LogP contribution in [-0.2, 0) is 4.79 Å². The fraction of sp³-hybridized carbons (Fsp3) is 0.231. The summed E-state index contributed by atoms with van der Waals surface area (Å²) < 4.78 is 0. The van der Waals surface area contributed by atoms with E-state index in [0.29, 0.717) is 6.42 Å². The molecule has 3 aliphatic rings. The average Bonchev–Trinajstić information content (AvgIpc) is 2.90. The molecule has 0 saturated heterocycles. The van der Waals surface area contributed by atoms with Crippen molar-refractivity contribution >= 4 is 34.6 Å². The number of benzene rings is 1. The maximum absolute atomic E-state index is 12.5. The molecule has 6 heteroatoms. The van der Waals surface area contributed by atoms with Gasteiger partial charge in [-0.15, -0.1) is 11.6 Å². The summed E-state index contributed by atoms with van der Waals surface area (Å²) in [6.45, 7) is 8.29. The minimum Gasteiger partial charge on any atom is -0.322 e. The van der Waals surface area contributed by atoms with Crippen molar-refractivity contribution in [2.45, 2.75) is 25.6 Å². The van der Waals surface area contributed by atoms with E-state index in [4.69, 9.17) is 16.6 Å². The third-order valence-electron chi connectivity index (χ3n) is 5.60. The van der Waals surface area contributed by atoms with Gasteiger partial charge < -0.3 is 4.90 Å². The van der Waals surface area contributed by atoms with Crippen LogP contribution in [0, 0.1) is 5.92 Å². The highest BCUT2D eigenvalue weighted by atomic mass is 35.5. The number of fused-ring (bicyclic) bond motifs is 1. The lowest BCUT2D eigenvalue weighted by atomic mass is 10.0. The van der Waals surface area contributed by atoms with Gasteiger partial charge in [-0.25, -0.2) is 15.0 Å². The molecule has 2 unspecified atom stereocenters. The van der Waals surface area contributed by atoms with Gasteiger partial charge in [-0.05, 0) is 43.7 Å². The van der Waals surface area contributed by atoms with E-state index in [0.717, 1.165) is 34.2 Å². The predicted octanol–water partition coefficient (Wildman–Crippen LogP) is 5.63. The molecule has 0 N–H and O–H groups in total. The molecule has 164 valence electrons. The molecule has 0 spiro atoms. The molecule has 4 rings (SSSR count). The number of para-hydroxylation sites is 1. The molecule has 0 aromatic heterocycles. The number of aliphatic imine (C=N–C) groups is 1. The van der Waals surface area contributed by atoms with Crippen LogP contribution in [0.1, 0.15) is 25.8 Å². The van der Waals surface area contributed by atoms with Crippen LogP contribution >= 0.6 is 11.6 Å². The molecule has 0 fully saturated rings. The van der Waals surface area contributed by atoms with E-state index in [9.17, 15) is 4.79 Å². The standard InChI is InChI=1S/C26H27ClN4O/c1-18-17-19(2)28-25(13-8-16-29(4)26(18)32)30-20(3)23-11-5-6-12-24(23)31(30)22-10-7-9-21(27)14-15-22/h5-16,18,21H,3,17H2,1-2,4H3/b16-8+,25-13+,28-19+. The molecular formula is C26H27ClN4O. The van der Waals surface area contributed by atoms with Gasteiger partial charge in [-0.2, -0.15) is 0 Å². The van der Waals surface area contributed by atoms with Gasteiger partial charge in [0.15, 0.2) is 5.82 Å². The highest BCUT2D eigenvalue weighted by molar-refractivity contribution is 6.23. The number of carbonyl (C=O) groups is 1. The number of hydrazine groups is 1. The number of carbonyl (C=O) groups excluding carboxylic acids is 1. The Balaban J connectivity index is 1.84. The van der Waals surface area contributed by atoms with Crippen LogP contribution in [0.3, 0.4) is 0 Å². The summed E-state index contributed by atoms with van der Waals surface area (Å²) in [6, 6.07) is 8.16. The number of amides is 1. The van der Waals surface area contributed by atoms with Crippen molar-refractivity contribution in [3.63, 3.8) is 0 Å². The fourth-order valence-corrected chi connectivity index (χ4v) is 4.21. The first-order valence-corrected chi connectivity index (χ1v) is 11.1. The Morgan fingerprint density at radius 1 is 1.12 bits per heavy atom. The summed E-state index contributed by atoms with van der Waals surface area (Å²) in [5.41, 5.74) is 4.72. The Labute approximate surface area is 194 Å². The largest absolute Gasteiger partial charge is 0.322 e. The first-order chi connectivity index (χ1) is 15.4. The molecule has 5 nitrogen and oxygen atoms in total. The quantitative estimate of drug-likeness (QED) is 0.553. The number of rotatable bonds is 2. The SMILES string of the molecule is C=C1c2ccccc2N(C2=CC=CC(Cl)C=C2)N1C1=C/C=C/N(C)C(=O)C(C)C\C(C)=N\1. The third kappa shape index (κ3) is 4.21. The fourth-order valence-electron chi connectivity index (χ4n) is 4.06. The van der Waals surface area contributed by atoms with Crippen LogP contribution in [-0.4, -0.2) is 34.0 Å².